The lowest BCUT2D eigenvalue weighted by Crippen LogP contribution is -2.35. The molecule has 0 saturated heterocycles. The molecule has 0 fully saturated rings. The summed E-state index contributed by atoms with van der Waals surface area (Å²) in [4.78, 5) is 41.7. The fourth-order valence-corrected chi connectivity index (χ4v) is 2.39. The number of nitrogens with zero attached hydrogens (tertiary/aromatic N) is 2. The second kappa shape index (κ2) is 4.94. The van der Waals surface area contributed by atoms with Gasteiger partial charge in [-0.1, -0.05) is 12.1 Å². The number of hydrogen-bond acceptors (Lipinski definition) is 4. The van der Waals surface area contributed by atoms with Crippen LogP contribution in [-0.2, 0) is 0 Å². The molecule has 3 rings (SSSR count). The first-order valence-corrected chi connectivity index (χ1v) is 6.49. The molecule has 1 aliphatic rings. The van der Waals surface area contributed by atoms with E-state index in [-0.39, 0.29) is 12.3 Å². The zero-order chi connectivity index (χ0) is 15.0. The summed E-state index contributed by atoms with van der Waals surface area (Å²) in [5, 5.41) is 0. The zero-order valence-electron chi connectivity index (χ0n) is 11.4. The minimum atomic E-state index is -0.425. The first-order valence-electron chi connectivity index (χ1n) is 6.49. The highest BCUT2D eigenvalue weighted by Gasteiger charge is 2.36. The average molecular weight is 280 g/mol. The number of aryl methyl sites for hydroxylation is 1. The van der Waals surface area contributed by atoms with Crippen LogP contribution in [0, 0.1) is 6.92 Å². The van der Waals surface area contributed by atoms with E-state index >= 15 is 0 Å². The van der Waals surface area contributed by atoms with E-state index in [1.165, 1.54) is 0 Å². The van der Waals surface area contributed by atoms with Gasteiger partial charge in [0.15, 0.2) is 5.78 Å². The summed E-state index contributed by atoms with van der Waals surface area (Å²) in [6.07, 6.45) is 1.59. The molecule has 0 spiro atoms. The number of ketones is 1. The molecule has 5 heteroatoms. The molecule has 0 saturated carbocycles. The normalized spacial score (nSPS) is 13.5. The summed E-state index contributed by atoms with van der Waals surface area (Å²) in [6.45, 7) is 1.45. The van der Waals surface area contributed by atoms with Crippen LogP contribution >= 0.6 is 0 Å². The number of benzene rings is 1. The van der Waals surface area contributed by atoms with Gasteiger partial charge in [-0.3, -0.25) is 24.3 Å². The van der Waals surface area contributed by atoms with Crippen LogP contribution in [0.2, 0.25) is 0 Å². The van der Waals surface area contributed by atoms with Crippen molar-refractivity contribution in [1.82, 2.24) is 9.88 Å². The van der Waals surface area contributed by atoms with E-state index in [0.29, 0.717) is 22.4 Å². The van der Waals surface area contributed by atoms with Gasteiger partial charge in [-0.25, -0.2) is 0 Å². The third-order valence-electron chi connectivity index (χ3n) is 3.49. The van der Waals surface area contributed by atoms with Crippen molar-refractivity contribution in [3.05, 3.63) is 65.0 Å². The molecule has 0 atom stereocenters. The van der Waals surface area contributed by atoms with Crippen LogP contribution in [0.25, 0.3) is 0 Å². The first kappa shape index (κ1) is 13.2. The predicted molar refractivity (Wildman–Crippen MR) is 75.1 cm³/mol. The molecule has 0 N–H and O–H groups in total. The molecule has 2 aromatic rings. The second-order valence-corrected chi connectivity index (χ2v) is 4.80. The monoisotopic (exact) mass is 280 g/mol. The van der Waals surface area contributed by atoms with Crippen molar-refractivity contribution in [3.63, 3.8) is 0 Å². The summed E-state index contributed by atoms with van der Waals surface area (Å²) in [5.74, 6) is -1.15. The van der Waals surface area contributed by atoms with Crippen LogP contribution in [0.1, 0.15) is 36.8 Å². The molecule has 1 aromatic heterocycles. The van der Waals surface area contributed by atoms with E-state index in [2.05, 4.69) is 4.98 Å². The lowest BCUT2D eigenvalue weighted by atomic mass is 10.1. The topological polar surface area (TPSA) is 67.3 Å². The van der Waals surface area contributed by atoms with E-state index < -0.39 is 11.8 Å². The largest absolute Gasteiger partial charge is 0.292 e. The summed E-state index contributed by atoms with van der Waals surface area (Å²) < 4.78 is 0. The number of imide groups is 1. The Kier molecular flexibility index (Phi) is 3.10. The van der Waals surface area contributed by atoms with Crippen LogP contribution < -0.4 is 0 Å². The molecule has 2 amide bonds. The molecular formula is C16H12N2O3. The van der Waals surface area contributed by atoms with Crippen molar-refractivity contribution in [1.29, 1.82) is 0 Å². The molecule has 0 radical (unpaired) electrons. The number of hydrogen-bond donors (Lipinski definition) is 0. The van der Waals surface area contributed by atoms with Gasteiger partial charge in [-0.05, 0) is 31.2 Å². The highest BCUT2D eigenvalue weighted by molar-refractivity contribution is 6.23. The molecule has 5 nitrogen and oxygen atoms in total. The summed E-state index contributed by atoms with van der Waals surface area (Å²) in [7, 11) is 0. The van der Waals surface area contributed by atoms with Crippen LogP contribution in [0.15, 0.2) is 42.6 Å². The highest BCUT2D eigenvalue weighted by atomic mass is 16.2. The third-order valence-corrected chi connectivity index (χ3v) is 3.49. The van der Waals surface area contributed by atoms with Gasteiger partial charge in [-0.2, -0.15) is 0 Å². The van der Waals surface area contributed by atoms with E-state index in [1.807, 2.05) is 0 Å². The van der Waals surface area contributed by atoms with Crippen LogP contribution in [0.4, 0.5) is 0 Å². The third kappa shape index (κ3) is 2.12. The number of aromatic nitrogens is 1. The standard InChI is InChI=1S/C16H12N2O3/c1-10-11(7-4-8-17-10)14(19)9-18-15(20)12-5-2-3-6-13(12)16(18)21/h2-8H,9H2,1H3. The van der Waals surface area contributed by atoms with Crippen molar-refractivity contribution in [3.8, 4) is 0 Å². The Balaban J connectivity index is 1.88. The minimum absolute atomic E-state index is 0.265. The number of amides is 2. The predicted octanol–water partition coefficient (Wildman–Crippen LogP) is 1.87. The van der Waals surface area contributed by atoms with Crippen LogP contribution in [0.3, 0.4) is 0 Å². The molecule has 0 aliphatic carbocycles. The van der Waals surface area contributed by atoms with Crippen LogP contribution in [0.5, 0.6) is 0 Å². The number of fused-ring (bicyclic) bond motifs is 1. The van der Waals surface area contributed by atoms with Gasteiger partial charge in [0.25, 0.3) is 11.8 Å². The Hall–Kier alpha value is -2.82. The van der Waals surface area contributed by atoms with E-state index in [4.69, 9.17) is 0 Å². The highest BCUT2D eigenvalue weighted by Crippen LogP contribution is 2.22. The Labute approximate surface area is 121 Å². The molecular weight excluding hydrogens is 268 g/mol. The maximum Gasteiger partial charge on any atom is 0.261 e. The molecule has 1 aromatic carbocycles. The summed E-state index contributed by atoms with van der Waals surface area (Å²) >= 11 is 0. The quantitative estimate of drug-likeness (QED) is 0.636. The van der Waals surface area contributed by atoms with Gasteiger partial charge in [0, 0.05) is 17.5 Å². The lowest BCUT2D eigenvalue weighted by Gasteiger charge is -2.13. The number of pyridine rings is 1. The summed E-state index contributed by atoms with van der Waals surface area (Å²) in [5.41, 5.74) is 1.70. The van der Waals surface area contributed by atoms with E-state index in [1.54, 1.807) is 49.5 Å². The summed E-state index contributed by atoms with van der Waals surface area (Å²) in [6, 6.07) is 9.87. The smallest absolute Gasteiger partial charge is 0.261 e. The number of Topliss-reactive ketones (excluding diaryl/α,β-unsaturated/α-hetero) is 1. The van der Waals surface area contributed by atoms with E-state index in [9.17, 15) is 14.4 Å². The van der Waals surface area contributed by atoms with E-state index in [0.717, 1.165) is 4.90 Å². The SMILES string of the molecule is Cc1ncccc1C(=O)CN1C(=O)c2ccccc2C1=O. The van der Waals surface area contributed by atoms with Gasteiger partial charge in [-0.15, -0.1) is 0 Å². The molecule has 2 heterocycles. The number of carbonyl (C=O) groups excluding carboxylic acids is 3. The Morgan fingerprint density at radius 2 is 1.67 bits per heavy atom. The lowest BCUT2D eigenvalue weighted by molar-refractivity contribution is 0.0624. The Morgan fingerprint density at radius 3 is 2.24 bits per heavy atom. The van der Waals surface area contributed by atoms with Gasteiger partial charge in [0.2, 0.25) is 0 Å². The number of carbonyl (C=O) groups is 3. The van der Waals surface area contributed by atoms with Gasteiger partial charge < -0.3 is 0 Å². The molecule has 21 heavy (non-hydrogen) atoms. The second-order valence-electron chi connectivity index (χ2n) is 4.80. The van der Waals surface area contributed by atoms with Crippen molar-refractivity contribution in [2.45, 2.75) is 6.92 Å². The fraction of sp³-hybridized carbons (Fsp3) is 0.125. The van der Waals surface area contributed by atoms with Crippen molar-refractivity contribution in [2.75, 3.05) is 6.54 Å². The molecule has 1 aliphatic heterocycles. The van der Waals surface area contributed by atoms with Crippen molar-refractivity contribution >= 4 is 17.6 Å². The molecule has 0 bridgehead atoms. The Bertz CT molecular complexity index is 733. The van der Waals surface area contributed by atoms with Gasteiger partial charge in [0.1, 0.15) is 0 Å². The van der Waals surface area contributed by atoms with Crippen molar-refractivity contribution in [2.24, 2.45) is 0 Å². The van der Waals surface area contributed by atoms with Gasteiger partial charge in [0.05, 0.1) is 17.7 Å². The zero-order valence-corrected chi connectivity index (χ0v) is 11.4. The fourth-order valence-electron chi connectivity index (χ4n) is 2.39. The molecule has 104 valence electrons. The maximum atomic E-state index is 12.3. The first-order chi connectivity index (χ1) is 10.1. The number of rotatable bonds is 3. The minimum Gasteiger partial charge on any atom is -0.292 e. The molecule has 0 unspecified atom stereocenters. The Morgan fingerprint density at radius 1 is 1.05 bits per heavy atom. The van der Waals surface area contributed by atoms with Crippen molar-refractivity contribution < 1.29 is 14.4 Å². The van der Waals surface area contributed by atoms with Gasteiger partial charge >= 0.3 is 0 Å². The maximum absolute atomic E-state index is 12.3. The average Bonchev–Trinajstić information content (AvgIpc) is 2.73. The van der Waals surface area contributed by atoms with Crippen LogP contribution in [-0.4, -0.2) is 34.0 Å².